The van der Waals surface area contributed by atoms with Crippen LogP contribution in [0.15, 0.2) is 12.3 Å². The molecule has 0 unspecified atom stereocenters. The van der Waals surface area contributed by atoms with E-state index in [2.05, 4.69) is 9.97 Å². The molecule has 0 bridgehead atoms. The van der Waals surface area contributed by atoms with Gasteiger partial charge < -0.3 is 10.0 Å². The Hall–Kier alpha value is -1.65. The summed E-state index contributed by atoms with van der Waals surface area (Å²) in [5, 5.41) is 8.70. The smallest absolute Gasteiger partial charge is 0.305 e. The van der Waals surface area contributed by atoms with E-state index in [1.807, 2.05) is 13.1 Å². The predicted molar refractivity (Wildman–Crippen MR) is 73.4 cm³/mol. The molecule has 1 N–H and O–H groups in total. The molecule has 1 aliphatic carbocycles. The van der Waals surface area contributed by atoms with Crippen LogP contribution >= 0.6 is 0 Å². The van der Waals surface area contributed by atoms with Crippen LogP contribution in [0.4, 0.5) is 5.95 Å². The van der Waals surface area contributed by atoms with Gasteiger partial charge in [0.25, 0.3) is 0 Å². The van der Waals surface area contributed by atoms with E-state index >= 15 is 0 Å². The molecule has 104 valence electrons. The highest BCUT2D eigenvalue weighted by Crippen LogP contribution is 2.31. The average Bonchev–Trinajstić information content (AvgIpc) is 2.46. The number of anilines is 1. The summed E-state index contributed by atoms with van der Waals surface area (Å²) >= 11 is 0. The minimum absolute atomic E-state index is 0.105. The number of carbonyl (C=O) groups is 1. The van der Waals surface area contributed by atoms with E-state index in [0.29, 0.717) is 18.4 Å². The lowest BCUT2D eigenvalue weighted by atomic mass is 9.87. The van der Waals surface area contributed by atoms with E-state index in [4.69, 9.17) is 5.11 Å². The molecule has 5 heteroatoms. The van der Waals surface area contributed by atoms with Gasteiger partial charge in [-0.2, -0.15) is 0 Å². The van der Waals surface area contributed by atoms with E-state index in [0.717, 1.165) is 5.69 Å². The van der Waals surface area contributed by atoms with E-state index in [9.17, 15) is 4.79 Å². The molecule has 0 atom stereocenters. The molecule has 2 rings (SSSR count). The van der Waals surface area contributed by atoms with Crippen molar-refractivity contribution in [3.63, 3.8) is 0 Å². The second-order valence-corrected chi connectivity index (χ2v) is 5.18. The van der Waals surface area contributed by atoms with Gasteiger partial charge in [0.2, 0.25) is 5.95 Å². The first-order valence-electron chi connectivity index (χ1n) is 6.92. The lowest BCUT2D eigenvalue weighted by molar-refractivity contribution is -0.136. The lowest BCUT2D eigenvalue weighted by Crippen LogP contribution is -2.23. The highest BCUT2D eigenvalue weighted by Gasteiger charge is 2.18. The Morgan fingerprint density at radius 3 is 2.84 bits per heavy atom. The third kappa shape index (κ3) is 3.91. The van der Waals surface area contributed by atoms with Crippen molar-refractivity contribution in [3.8, 4) is 0 Å². The highest BCUT2D eigenvalue weighted by atomic mass is 16.4. The molecule has 1 aliphatic rings. The van der Waals surface area contributed by atoms with Gasteiger partial charge in [0.15, 0.2) is 0 Å². The summed E-state index contributed by atoms with van der Waals surface area (Å²) in [6, 6.07) is 1.99. The van der Waals surface area contributed by atoms with E-state index < -0.39 is 5.97 Å². The topological polar surface area (TPSA) is 66.3 Å². The second-order valence-electron chi connectivity index (χ2n) is 5.18. The molecule has 0 amide bonds. The van der Waals surface area contributed by atoms with Crippen molar-refractivity contribution in [3.05, 3.63) is 18.0 Å². The Labute approximate surface area is 113 Å². The zero-order valence-corrected chi connectivity index (χ0v) is 11.4. The molecule has 19 heavy (non-hydrogen) atoms. The van der Waals surface area contributed by atoms with Crippen LogP contribution in [0, 0.1) is 0 Å². The van der Waals surface area contributed by atoms with Gasteiger partial charge in [-0.15, -0.1) is 0 Å². The summed E-state index contributed by atoms with van der Waals surface area (Å²) in [4.78, 5) is 21.2. The molecule has 1 saturated carbocycles. The summed E-state index contributed by atoms with van der Waals surface area (Å²) in [6.45, 7) is 0.434. The van der Waals surface area contributed by atoms with Crippen molar-refractivity contribution in [1.29, 1.82) is 0 Å². The zero-order valence-electron chi connectivity index (χ0n) is 11.4. The summed E-state index contributed by atoms with van der Waals surface area (Å²) in [7, 11) is 1.84. The molecule has 0 saturated heterocycles. The van der Waals surface area contributed by atoms with Gasteiger partial charge in [-0.1, -0.05) is 19.3 Å². The first-order chi connectivity index (χ1) is 9.16. The van der Waals surface area contributed by atoms with Crippen LogP contribution in [-0.4, -0.2) is 34.6 Å². The highest BCUT2D eigenvalue weighted by molar-refractivity contribution is 5.67. The first-order valence-corrected chi connectivity index (χ1v) is 6.92. The monoisotopic (exact) mass is 263 g/mol. The fraction of sp³-hybridized carbons (Fsp3) is 0.643. The van der Waals surface area contributed by atoms with Crippen molar-refractivity contribution in [1.82, 2.24) is 9.97 Å². The zero-order chi connectivity index (χ0) is 13.7. The van der Waals surface area contributed by atoms with E-state index in [1.54, 1.807) is 11.1 Å². The van der Waals surface area contributed by atoms with Crippen LogP contribution in [0.3, 0.4) is 0 Å². The minimum atomic E-state index is -0.796. The number of nitrogens with zero attached hydrogens (tertiary/aromatic N) is 3. The molecule has 1 fully saturated rings. The molecular weight excluding hydrogens is 242 g/mol. The molecule has 1 aromatic heterocycles. The Bertz CT molecular complexity index is 430. The Balaban J connectivity index is 2.03. The van der Waals surface area contributed by atoms with Crippen molar-refractivity contribution in [2.24, 2.45) is 0 Å². The lowest BCUT2D eigenvalue weighted by Gasteiger charge is -2.22. The van der Waals surface area contributed by atoms with Crippen LogP contribution in [0.5, 0.6) is 0 Å². The summed E-state index contributed by atoms with van der Waals surface area (Å²) in [6.07, 6.45) is 8.17. The summed E-state index contributed by atoms with van der Waals surface area (Å²) in [5.74, 6) is 0.378. The third-order valence-electron chi connectivity index (χ3n) is 3.69. The Morgan fingerprint density at radius 1 is 1.42 bits per heavy atom. The number of aromatic nitrogens is 2. The quantitative estimate of drug-likeness (QED) is 0.883. The van der Waals surface area contributed by atoms with E-state index in [-0.39, 0.29) is 6.42 Å². The maximum atomic E-state index is 10.6. The van der Waals surface area contributed by atoms with Gasteiger partial charge in [-0.25, -0.2) is 9.97 Å². The van der Waals surface area contributed by atoms with Gasteiger partial charge in [0.05, 0.1) is 6.42 Å². The molecule has 5 nitrogen and oxygen atoms in total. The average molecular weight is 263 g/mol. The van der Waals surface area contributed by atoms with Crippen LogP contribution in [-0.2, 0) is 4.79 Å². The number of carboxylic acids is 1. The van der Waals surface area contributed by atoms with Crippen molar-refractivity contribution in [2.45, 2.75) is 44.4 Å². The fourth-order valence-corrected chi connectivity index (χ4v) is 2.53. The van der Waals surface area contributed by atoms with Gasteiger partial charge in [0.1, 0.15) is 0 Å². The Morgan fingerprint density at radius 2 is 2.16 bits per heavy atom. The van der Waals surface area contributed by atoms with Crippen molar-refractivity contribution in [2.75, 3.05) is 18.5 Å². The van der Waals surface area contributed by atoms with Gasteiger partial charge in [0, 0.05) is 31.4 Å². The van der Waals surface area contributed by atoms with Gasteiger partial charge in [-0.3, -0.25) is 4.79 Å². The number of aliphatic carboxylic acids is 1. The maximum Gasteiger partial charge on any atom is 0.305 e. The van der Waals surface area contributed by atoms with Crippen LogP contribution in [0.2, 0.25) is 0 Å². The summed E-state index contributed by atoms with van der Waals surface area (Å²) < 4.78 is 0. The normalized spacial score (nSPS) is 16.3. The Kier molecular flexibility index (Phi) is 4.71. The number of hydrogen-bond acceptors (Lipinski definition) is 4. The first kappa shape index (κ1) is 13.8. The van der Waals surface area contributed by atoms with Crippen LogP contribution in [0.25, 0.3) is 0 Å². The largest absolute Gasteiger partial charge is 0.481 e. The maximum absolute atomic E-state index is 10.6. The molecule has 0 aromatic carbocycles. The SMILES string of the molecule is CN(CCC(=O)O)c1nccc(C2CCCCC2)n1. The second kappa shape index (κ2) is 6.50. The molecule has 1 heterocycles. The predicted octanol–water partition coefficient (Wildman–Crippen LogP) is 2.44. The molecule has 0 aliphatic heterocycles. The number of hydrogen-bond donors (Lipinski definition) is 1. The number of carboxylic acid groups (broad SMARTS) is 1. The summed E-state index contributed by atoms with van der Waals surface area (Å²) in [5.41, 5.74) is 1.10. The van der Waals surface area contributed by atoms with Gasteiger partial charge >= 0.3 is 5.97 Å². The minimum Gasteiger partial charge on any atom is -0.481 e. The molecule has 0 radical (unpaired) electrons. The molecule has 1 aromatic rings. The van der Waals surface area contributed by atoms with Crippen molar-refractivity contribution < 1.29 is 9.90 Å². The number of rotatable bonds is 5. The standard InChI is InChI=1S/C14H21N3O2/c1-17(10-8-13(18)19)14-15-9-7-12(16-14)11-5-3-2-4-6-11/h7,9,11H,2-6,8,10H2,1H3,(H,18,19). The van der Waals surface area contributed by atoms with Crippen LogP contribution in [0.1, 0.15) is 50.1 Å². The molecule has 0 spiro atoms. The van der Waals surface area contributed by atoms with Gasteiger partial charge in [-0.05, 0) is 18.9 Å². The van der Waals surface area contributed by atoms with Crippen LogP contribution < -0.4 is 4.90 Å². The van der Waals surface area contributed by atoms with E-state index in [1.165, 1.54) is 32.1 Å². The van der Waals surface area contributed by atoms with Crippen molar-refractivity contribution >= 4 is 11.9 Å². The fourth-order valence-electron chi connectivity index (χ4n) is 2.53. The third-order valence-corrected chi connectivity index (χ3v) is 3.69. The molecular formula is C14H21N3O2.